The van der Waals surface area contributed by atoms with Crippen LogP contribution in [0.4, 0.5) is 5.69 Å². The van der Waals surface area contributed by atoms with E-state index in [0.717, 1.165) is 16.7 Å². The number of nitrogens with one attached hydrogen (secondary N) is 1. The maximum absolute atomic E-state index is 13.3. The number of hydrogen-bond acceptors (Lipinski definition) is 3. The molecule has 2 aromatic carbocycles. The van der Waals surface area contributed by atoms with Crippen molar-refractivity contribution < 1.29 is 13.2 Å². The number of nitrogens with zero attached hydrogens (tertiary/aromatic N) is 1. The zero-order valence-electron chi connectivity index (χ0n) is 17.5. The van der Waals surface area contributed by atoms with Gasteiger partial charge in [0.2, 0.25) is 5.91 Å². The molecular weight excluding hydrogens is 372 g/mol. The maximum atomic E-state index is 13.3. The highest BCUT2D eigenvalue weighted by Crippen LogP contribution is 2.26. The largest absolute Gasteiger partial charge is 0.352 e. The molecule has 0 aliphatic rings. The summed E-state index contributed by atoms with van der Waals surface area (Å²) in [6.45, 7) is 11.5. The van der Waals surface area contributed by atoms with E-state index in [0.29, 0.717) is 5.69 Å². The lowest BCUT2D eigenvalue weighted by Crippen LogP contribution is -2.45. The first-order chi connectivity index (χ1) is 13.0. The summed E-state index contributed by atoms with van der Waals surface area (Å²) in [6.07, 6.45) is 0. The fourth-order valence-corrected chi connectivity index (χ4v) is 4.04. The van der Waals surface area contributed by atoms with Crippen molar-refractivity contribution in [2.45, 2.75) is 52.5 Å². The predicted octanol–water partition coefficient (Wildman–Crippen LogP) is 3.97. The van der Waals surface area contributed by atoms with Crippen molar-refractivity contribution >= 4 is 21.6 Å². The highest BCUT2D eigenvalue weighted by molar-refractivity contribution is 7.92. The van der Waals surface area contributed by atoms with Crippen LogP contribution in [0, 0.1) is 26.7 Å². The Balaban J connectivity index is 2.44. The van der Waals surface area contributed by atoms with Gasteiger partial charge in [0.05, 0.1) is 10.6 Å². The Labute approximate surface area is 168 Å². The van der Waals surface area contributed by atoms with Gasteiger partial charge in [-0.05, 0) is 69.0 Å². The summed E-state index contributed by atoms with van der Waals surface area (Å²) < 4.78 is 27.9. The highest BCUT2D eigenvalue weighted by atomic mass is 32.2. The molecule has 1 atom stereocenters. The summed E-state index contributed by atoms with van der Waals surface area (Å²) >= 11 is 0. The Morgan fingerprint density at radius 1 is 0.964 bits per heavy atom. The van der Waals surface area contributed by atoms with Gasteiger partial charge in [0.15, 0.2) is 0 Å². The fourth-order valence-electron chi connectivity index (χ4n) is 2.63. The normalized spacial score (nSPS) is 12.7. The molecule has 2 rings (SSSR count). The van der Waals surface area contributed by atoms with E-state index in [1.807, 2.05) is 47.6 Å². The van der Waals surface area contributed by atoms with Crippen molar-refractivity contribution in [2.24, 2.45) is 5.92 Å². The molecule has 0 heterocycles. The summed E-state index contributed by atoms with van der Waals surface area (Å²) in [7, 11) is -3.88. The smallest absolute Gasteiger partial charge is 0.264 e. The number of aryl methyl sites for hydroxylation is 3. The lowest BCUT2D eigenvalue weighted by Gasteiger charge is -2.26. The van der Waals surface area contributed by atoms with Crippen LogP contribution in [0.2, 0.25) is 0 Å². The summed E-state index contributed by atoms with van der Waals surface area (Å²) in [6, 6.07) is 12.0. The molecule has 0 spiro atoms. The molecule has 0 radical (unpaired) electrons. The molecule has 5 nitrogen and oxygen atoms in total. The lowest BCUT2D eigenvalue weighted by molar-refractivity contribution is -0.120. The van der Waals surface area contributed by atoms with Crippen molar-refractivity contribution in [3.8, 4) is 0 Å². The molecule has 0 bridgehead atoms. The van der Waals surface area contributed by atoms with Crippen molar-refractivity contribution in [2.75, 3.05) is 10.8 Å². The topological polar surface area (TPSA) is 66.5 Å². The van der Waals surface area contributed by atoms with E-state index in [-0.39, 0.29) is 29.3 Å². The van der Waals surface area contributed by atoms with E-state index in [1.54, 1.807) is 36.4 Å². The highest BCUT2D eigenvalue weighted by Gasteiger charge is 2.28. The van der Waals surface area contributed by atoms with Crippen LogP contribution in [-0.4, -0.2) is 26.9 Å². The van der Waals surface area contributed by atoms with Crippen LogP contribution in [0.3, 0.4) is 0 Å². The van der Waals surface area contributed by atoms with E-state index in [1.165, 1.54) is 4.31 Å². The Hall–Kier alpha value is -2.34. The number of carbonyl (C=O) groups excluding carboxylic acids is 1. The van der Waals surface area contributed by atoms with Crippen LogP contribution >= 0.6 is 0 Å². The third-order valence-corrected chi connectivity index (χ3v) is 6.85. The Kier molecular flexibility index (Phi) is 6.88. The molecule has 152 valence electrons. The van der Waals surface area contributed by atoms with E-state index in [9.17, 15) is 13.2 Å². The maximum Gasteiger partial charge on any atom is 0.264 e. The van der Waals surface area contributed by atoms with E-state index >= 15 is 0 Å². The quantitative estimate of drug-likeness (QED) is 0.762. The number of sulfonamides is 1. The molecule has 1 amide bonds. The first kappa shape index (κ1) is 22.0. The zero-order valence-corrected chi connectivity index (χ0v) is 18.3. The van der Waals surface area contributed by atoms with Crippen LogP contribution in [0.25, 0.3) is 0 Å². The summed E-state index contributed by atoms with van der Waals surface area (Å²) in [5.74, 6) is -0.0668. The minimum Gasteiger partial charge on any atom is -0.352 e. The van der Waals surface area contributed by atoms with Gasteiger partial charge in [-0.3, -0.25) is 9.10 Å². The monoisotopic (exact) mass is 402 g/mol. The summed E-state index contributed by atoms with van der Waals surface area (Å²) in [5.41, 5.74) is 3.49. The van der Waals surface area contributed by atoms with Crippen molar-refractivity contribution in [3.05, 3.63) is 59.2 Å². The SMILES string of the molecule is Cc1ccc(S(=O)(=O)N(CC(=O)N[C@H](C)C(C)C)c2ccc(C)c(C)c2)cc1. The van der Waals surface area contributed by atoms with Crippen LogP contribution in [0.1, 0.15) is 37.5 Å². The molecule has 0 aromatic heterocycles. The minimum atomic E-state index is -3.88. The van der Waals surface area contributed by atoms with Gasteiger partial charge >= 0.3 is 0 Å². The van der Waals surface area contributed by atoms with Crippen LogP contribution < -0.4 is 9.62 Å². The van der Waals surface area contributed by atoms with Gasteiger partial charge in [-0.1, -0.05) is 37.6 Å². The number of anilines is 1. The fraction of sp³-hybridized carbons (Fsp3) is 0.409. The van der Waals surface area contributed by atoms with Crippen molar-refractivity contribution in [1.29, 1.82) is 0 Å². The molecule has 0 aliphatic heterocycles. The molecule has 0 fully saturated rings. The molecule has 6 heteroatoms. The average Bonchev–Trinajstić information content (AvgIpc) is 2.62. The first-order valence-corrected chi connectivity index (χ1v) is 10.9. The standard InChI is InChI=1S/C22H30N2O3S/c1-15(2)19(6)23-22(25)14-24(20-10-9-17(4)18(5)13-20)28(26,27)21-11-7-16(3)8-12-21/h7-13,15,19H,14H2,1-6H3,(H,23,25)/t19-/m1/s1. The number of rotatable bonds is 7. The van der Waals surface area contributed by atoms with Crippen LogP contribution in [0.5, 0.6) is 0 Å². The Bertz CT molecular complexity index is 935. The molecule has 1 N–H and O–H groups in total. The average molecular weight is 403 g/mol. The number of carbonyl (C=O) groups is 1. The lowest BCUT2D eigenvalue weighted by atomic mass is 10.1. The second-order valence-corrected chi connectivity index (χ2v) is 9.56. The summed E-state index contributed by atoms with van der Waals surface area (Å²) in [5, 5.41) is 2.89. The molecule has 0 unspecified atom stereocenters. The Morgan fingerprint density at radius 3 is 2.11 bits per heavy atom. The van der Waals surface area contributed by atoms with Gasteiger partial charge in [0.1, 0.15) is 6.54 Å². The van der Waals surface area contributed by atoms with Gasteiger partial charge in [-0.2, -0.15) is 0 Å². The second-order valence-electron chi connectivity index (χ2n) is 7.69. The van der Waals surface area contributed by atoms with Crippen LogP contribution in [0.15, 0.2) is 47.4 Å². The van der Waals surface area contributed by atoms with Crippen molar-refractivity contribution in [3.63, 3.8) is 0 Å². The Morgan fingerprint density at radius 2 is 1.57 bits per heavy atom. The molecule has 0 saturated heterocycles. The third kappa shape index (κ3) is 5.13. The predicted molar refractivity (Wildman–Crippen MR) is 114 cm³/mol. The van der Waals surface area contributed by atoms with Crippen LogP contribution in [-0.2, 0) is 14.8 Å². The number of amides is 1. The first-order valence-electron chi connectivity index (χ1n) is 9.48. The third-order valence-electron chi connectivity index (χ3n) is 5.06. The molecule has 28 heavy (non-hydrogen) atoms. The number of hydrogen-bond donors (Lipinski definition) is 1. The van der Waals surface area contributed by atoms with Gasteiger partial charge in [0, 0.05) is 6.04 Å². The molecule has 2 aromatic rings. The molecule has 0 saturated carbocycles. The molecular formula is C22H30N2O3S. The van der Waals surface area contributed by atoms with E-state index in [4.69, 9.17) is 0 Å². The van der Waals surface area contributed by atoms with Gasteiger partial charge in [0.25, 0.3) is 10.0 Å². The van der Waals surface area contributed by atoms with Gasteiger partial charge < -0.3 is 5.32 Å². The zero-order chi connectivity index (χ0) is 21.1. The van der Waals surface area contributed by atoms with Crippen molar-refractivity contribution in [1.82, 2.24) is 5.32 Å². The van der Waals surface area contributed by atoms with E-state index in [2.05, 4.69) is 5.32 Å². The molecule has 0 aliphatic carbocycles. The van der Waals surface area contributed by atoms with Gasteiger partial charge in [-0.25, -0.2) is 8.42 Å². The number of benzene rings is 2. The summed E-state index contributed by atoms with van der Waals surface area (Å²) in [4.78, 5) is 12.8. The van der Waals surface area contributed by atoms with Gasteiger partial charge in [-0.15, -0.1) is 0 Å². The minimum absolute atomic E-state index is 0.0452. The second kappa shape index (κ2) is 8.78. The van der Waals surface area contributed by atoms with E-state index < -0.39 is 10.0 Å².